The van der Waals surface area contributed by atoms with Gasteiger partial charge in [-0.2, -0.15) is 0 Å². The summed E-state index contributed by atoms with van der Waals surface area (Å²) >= 11 is 3.28. The molecular formula is C14H10BrF2NO. The van der Waals surface area contributed by atoms with Crippen LogP contribution in [-0.4, -0.2) is 5.91 Å². The number of amides is 1. The number of aryl methyl sites for hydroxylation is 1. The molecule has 2 nitrogen and oxygen atoms in total. The Bertz CT molecular complexity index is 623. The van der Waals surface area contributed by atoms with E-state index in [0.717, 1.165) is 16.1 Å². The van der Waals surface area contributed by atoms with Crippen LogP contribution in [0.15, 0.2) is 40.9 Å². The zero-order valence-corrected chi connectivity index (χ0v) is 11.6. The molecule has 1 N–H and O–H groups in total. The van der Waals surface area contributed by atoms with Crippen molar-refractivity contribution in [2.24, 2.45) is 0 Å². The molecule has 98 valence electrons. The van der Waals surface area contributed by atoms with Gasteiger partial charge in [-0.05, 0) is 42.8 Å². The largest absolute Gasteiger partial charge is 0.319 e. The molecule has 2 rings (SSSR count). The molecule has 0 aliphatic carbocycles. The minimum atomic E-state index is -1.07. The normalized spacial score (nSPS) is 10.3. The first-order valence-corrected chi connectivity index (χ1v) is 6.29. The molecule has 19 heavy (non-hydrogen) atoms. The SMILES string of the molecule is Cc1cc(Br)cc(C(=O)Nc2cccc(F)c2F)c1. The minimum absolute atomic E-state index is 0.178. The highest BCUT2D eigenvalue weighted by molar-refractivity contribution is 9.10. The first-order valence-electron chi connectivity index (χ1n) is 5.50. The molecule has 2 aromatic carbocycles. The van der Waals surface area contributed by atoms with Gasteiger partial charge in [-0.3, -0.25) is 4.79 Å². The van der Waals surface area contributed by atoms with Crippen molar-refractivity contribution in [1.29, 1.82) is 0 Å². The third kappa shape index (κ3) is 3.17. The third-order valence-corrected chi connectivity index (χ3v) is 2.96. The zero-order valence-electron chi connectivity index (χ0n) is 10.0. The van der Waals surface area contributed by atoms with Crippen LogP contribution in [0.2, 0.25) is 0 Å². The van der Waals surface area contributed by atoms with Crippen molar-refractivity contribution in [2.45, 2.75) is 6.92 Å². The molecule has 0 bridgehead atoms. The first kappa shape index (κ1) is 13.7. The summed E-state index contributed by atoms with van der Waals surface area (Å²) in [5.74, 6) is -2.56. The Hall–Kier alpha value is -1.75. The van der Waals surface area contributed by atoms with Crippen molar-refractivity contribution in [1.82, 2.24) is 0 Å². The van der Waals surface area contributed by atoms with E-state index >= 15 is 0 Å². The predicted molar refractivity (Wildman–Crippen MR) is 73.2 cm³/mol. The Labute approximate surface area is 117 Å². The van der Waals surface area contributed by atoms with Gasteiger partial charge in [0, 0.05) is 10.0 Å². The van der Waals surface area contributed by atoms with Crippen LogP contribution in [0, 0.1) is 18.6 Å². The number of benzene rings is 2. The van der Waals surface area contributed by atoms with E-state index in [1.54, 1.807) is 12.1 Å². The second kappa shape index (κ2) is 5.48. The van der Waals surface area contributed by atoms with Crippen LogP contribution in [-0.2, 0) is 0 Å². The standard InChI is InChI=1S/C14H10BrF2NO/c1-8-5-9(7-10(15)6-8)14(19)18-12-4-2-3-11(16)13(12)17/h2-7H,1H3,(H,18,19). The Balaban J connectivity index is 2.28. The molecule has 1 amide bonds. The lowest BCUT2D eigenvalue weighted by molar-refractivity contribution is 0.102. The highest BCUT2D eigenvalue weighted by atomic mass is 79.9. The molecule has 0 spiro atoms. The molecule has 0 saturated carbocycles. The number of rotatable bonds is 2. The van der Waals surface area contributed by atoms with E-state index in [2.05, 4.69) is 21.2 Å². The van der Waals surface area contributed by atoms with Crippen LogP contribution < -0.4 is 5.32 Å². The maximum Gasteiger partial charge on any atom is 0.255 e. The fraction of sp³-hybridized carbons (Fsp3) is 0.0714. The van der Waals surface area contributed by atoms with Crippen LogP contribution in [0.3, 0.4) is 0 Å². The van der Waals surface area contributed by atoms with Crippen LogP contribution in [0.25, 0.3) is 0 Å². The smallest absolute Gasteiger partial charge is 0.255 e. The van der Waals surface area contributed by atoms with E-state index < -0.39 is 17.5 Å². The number of carbonyl (C=O) groups is 1. The average Bonchev–Trinajstić information content (AvgIpc) is 2.33. The molecule has 0 radical (unpaired) electrons. The van der Waals surface area contributed by atoms with Crippen molar-refractivity contribution >= 4 is 27.5 Å². The Morgan fingerprint density at radius 2 is 1.95 bits per heavy atom. The van der Waals surface area contributed by atoms with Crippen LogP contribution in [0.4, 0.5) is 14.5 Å². The van der Waals surface area contributed by atoms with Crippen LogP contribution in [0.5, 0.6) is 0 Å². The number of halogens is 3. The van der Waals surface area contributed by atoms with Gasteiger partial charge in [0.25, 0.3) is 5.91 Å². The van der Waals surface area contributed by atoms with Crippen molar-refractivity contribution in [3.63, 3.8) is 0 Å². The lowest BCUT2D eigenvalue weighted by Gasteiger charge is -2.08. The van der Waals surface area contributed by atoms with Crippen molar-refractivity contribution in [3.05, 3.63) is 63.6 Å². The number of hydrogen-bond donors (Lipinski definition) is 1. The molecule has 0 aromatic heterocycles. The Morgan fingerprint density at radius 3 is 2.63 bits per heavy atom. The predicted octanol–water partition coefficient (Wildman–Crippen LogP) is 4.29. The molecule has 0 heterocycles. The Morgan fingerprint density at radius 1 is 1.21 bits per heavy atom. The maximum atomic E-state index is 13.4. The van der Waals surface area contributed by atoms with E-state index in [1.807, 2.05) is 13.0 Å². The Kier molecular flexibility index (Phi) is 3.95. The molecule has 0 fully saturated rings. The highest BCUT2D eigenvalue weighted by Gasteiger charge is 2.12. The monoisotopic (exact) mass is 325 g/mol. The summed E-state index contributed by atoms with van der Waals surface area (Å²) in [4.78, 5) is 12.0. The van der Waals surface area contributed by atoms with Gasteiger partial charge in [0.05, 0.1) is 5.69 Å². The summed E-state index contributed by atoms with van der Waals surface area (Å²) in [5.41, 5.74) is 1.08. The molecule has 0 saturated heterocycles. The lowest BCUT2D eigenvalue weighted by atomic mass is 10.1. The summed E-state index contributed by atoms with van der Waals surface area (Å²) in [6.07, 6.45) is 0. The summed E-state index contributed by atoms with van der Waals surface area (Å²) in [6, 6.07) is 8.76. The minimum Gasteiger partial charge on any atom is -0.319 e. The first-order chi connectivity index (χ1) is 8.97. The second-order valence-corrected chi connectivity index (χ2v) is 4.99. The number of carbonyl (C=O) groups excluding carboxylic acids is 1. The summed E-state index contributed by atoms with van der Waals surface area (Å²) in [7, 11) is 0. The molecule has 0 aliphatic rings. The van der Waals surface area contributed by atoms with Crippen molar-refractivity contribution in [2.75, 3.05) is 5.32 Å². The fourth-order valence-electron chi connectivity index (χ4n) is 1.66. The van der Waals surface area contributed by atoms with E-state index in [0.29, 0.717) is 5.56 Å². The molecule has 0 aliphatic heterocycles. The molecule has 0 unspecified atom stereocenters. The quantitative estimate of drug-likeness (QED) is 0.876. The van der Waals surface area contributed by atoms with Crippen molar-refractivity contribution < 1.29 is 13.6 Å². The van der Waals surface area contributed by atoms with Crippen LogP contribution in [0.1, 0.15) is 15.9 Å². The fourth-order valence-corrected chi connectivity index (χ4v) is 2.27. The topological polar surface area (TPSA) is 29.1 Å². The lowest BCUT2D eigenvalue weighted by Crippen LogP contribution is -2.13. The second-order valence-electron chi connectivity index (χ2n) is 4.07. The molecule has 2 aromatic rings. The van der Waals surface area contributed by atoms with Crippen LogP contribution >= 0.6 is 15.9 Å². The summed E-state index contributed by atoms with van der Waals surface area (Å²) < 4.78 is 27.2. The van der Waals surface area contributed by atoms with Crippen molar-refractivity contribution in [3.8, 4) is 0 Å². The molecular weight excluding hydrogens is 316 g/mol. The number of nitrogens with one attached hydrogen (secondary N) is 1. The molecule has 5 heteroatoms. The van der Waals surface area contributed by atoms with Gasteiger partial charge in [0.2, 0.25) is 0 Å². The van der Waals surface area contributed by atoms with E-state index in [1.165, 1.54) is 12.1 Å². The maximum absolute atomic E-state index is 13.4. The van der Waals surface area contributed by atoms with Gasteiger partial charge in [0.1, 0.15) is 0 Å². The summed E-state index contributed by atoms with van der Waals surface area (Å²) in [6.45, 7) is 1.84. The van der Waals surface area contributed by atoms with Gasteiger partial charge in [-0.15, -0.1) is 0 Å². The average molecular weight is 326 g/mol. The molecule has 0 atom stereocenters. The zero-order chi connectivity index (χ0) is 14.0. The number of hydrogen-bond acceptors (Lipinski definition) is 1. The van der Waals surface area contributed by atoms with Gasteiger partial charge < -0.3 is 5.32 Å². The van der Waals surface area contributed by atoms with Gasteiger partial charge in [-0.25, -0.2) is 8.78 Å². The number of anilines is 1. The van der Waals surface area contributed by atoms with Gasteiger partial charge in [-0.1, -0.05) is 22.0 Å². The highest BCUT2D eigenvalue weighted by Crippen LogP contribution is 2.19. The van der Waals surface area contributed by atoms with Gasteiger partial charge in [0.15, 0.2) is 11.6 Å². The third-order valence-electron chi connectivity index (χ3n) is 2.50. The van der Waals surface area contributed by atoms with E-state index in [4.69, 9.17) is 0 Å². The summed E-state index contributed by atoms with van der Waals surface area (Å²) in [5, 5.41) is 2.35. The van der Waals surface area contributed by atoms with Gasteiger partial charge >= 0.3 is 0 Å². The van der Waals surface area contributed by atoms with E-state index in [9.17, 15) is 13.6 Å². The van der Waals surface area contributed by atoms with E-state index in [-0.39, 0.29) is 5.69 Å².